The zero-order valence-electron chi connectivity index (χ0n) is 11.9. The molecule has 5 heteroatoms. The van der Waals surface area contributed by atoms with Gasteiger partial charge in [-0.15, -0.1) is 0 Å². The highest BCUT2D eigenvalue weighted by molar-refractivity contribution is 8.00. The molecule has 0 saturated carbocycles. The first-order valence-corrected chi connectivity index (χ1v) is 7.53. The summed E-state index contributed by atoms with van der Waals surface area (Å²) in [4.78, 5) is 6.47. The zero-order chi connectivity index (χ0) is 13.2. The van der Waals surface area contributed by atoms with Crippen molar-refractivity contribution < 1.29 is 0 Å². The lowest BCUT2D eigenvalue weighted by molar-refractivity contribution is 0.529. The number of anilines is 1. The molecule has 0 amide bonds. The summed E-state index contributed by atoms with van der Waals surface area (Å²) in [5, 5.41) is 3.58. The van der Waals surface area contributed by atoms with Crippen molar-refractivity contribution in [3.05, 3.63) is 11.9 Å². The molecule has 2 heterocycles. The number of imidazole rings is 1. The highest BCUT2D eigenvalue weighted by atomic mass is 32.2. The minimum absolute atomic E-state index is 0.434. The van der Waals surface area contributed by atoms with Crippen LogP contribution in [0.15, 0.2) is 6.20 Å². The Bertz CT molecular complexity index is 394. The largest absolute Gasteiger partial charge is 0.348 e. The fourth-order valence-corrected chi connectivity index (χ4v) is 3.72. The first-order valence-electron chi connectivity index (χ1n) is 6.54. The predicted molar refractivity (Wildman–Crippen MR) is 79.3 cm³/mol. The molecule has 1 saturated heterocycles. The summed E-state index contributed by atoms with van der Waals surface area (Å²) in [6, 6.07) is 0. The van der Waals surface area contributed by atoms with Crippen molar-refractivity contribution in [3.8, 4) is 0 Å². The summed E-state index contributed by atoms with van der Waals surface area (Å²) in [6.07, 6.45) is 4.66. The molecule has 1 aliphatic heterocycles. The number of nitrogens with zero attached hydrogens (tertiary/aromatic N) is 3. The normalized spacial score (nSPS) is 23.6. The molecule has 1 aromatic rings. The van der Waals surface area contributed by atoms with Gasteiger partial charge in [-0.2, -0.15) is 11.8 Å². The first-order chi connectivity index (χ1) is 8.52. The molecule has 4 nitrogen and oxygen atoms in total. The minimum Gasteiger partial charge on any atom is -0.348 e. The number of hydrogen-bond acceptors (Lipinski definition) is 4. The van der Waals surface area contributed by atoms with E-state index in [-0.39, 0.29) is 0 Å². The van der Waals surface area contributed by atoms with Crippen LogP contribution in [0.5, 0.6) is 0 Å². The topological polar surface area (TPSA) is 33.1 Å². The SMILES string of the molecule is CN(C)c1ncc(CNCC2(C)CCCS2)n1C. The Morgan fingerprint density at radius 3 is 2.89 bits per heavy atom. The molecule has 1 aliphatic rings. The van der Waals surface area contributed by atoms with Crippen LogP contribution in [0.3, 0.4) is 0 Å². The van der Waals surface area contributed by atoms with Crippen molar-refractivity contribution >= 4 is 17.7 Å². The van der Waals surface area contributed by atoms with Crippen LogP contribution in [0.1, 0.15) is 25.5 Å². The fourth-order valence-electron chi connectivity index (χ4n) is 2.44. The quantitative estimate of drug-likeness (QED) is 0.884. The van der Waals surface area contributed by atoms with E-state index in [2.05, 4.69) is 40.6 Å². The van der Waals surface area contributed by atoms with Gasteiger partial charge in [-0.3, -0.25) is 0 Å². The van der Waals surface area contributed by atoms with Crippen LogP contribution in [-0.4, -0.2) is 40.7 Å². The molecule has 0 aliphatic carbocycles. The minimum atomic E-state index is 0.434. The molecular weight excluding hydrogens is 244 g/mol. The second-order valence-electron chi connectivity index (χ2n) is 5.51. The molecule has 2 rings (SSSR count). The van der Waals surface area contributed by atoms with E-state index in [1.807, 2.05) is 25.2 Å². The number of thioether (sulfide) groups is 1. The van der Waals surface area contributed by atoms with Crippen LogP contribution in [0.4, 0.5) is 5.95 Å². The molecule has 18 heavy (non-hydrogen) atoms. The Morgan fingerprint density at radius 1 is 1.56 bits per heavy atom. The molecule has 1 fully saturated rings. The smallest absolute Gasteiger partial charge is 0.204 e. The van der Waals surface area contributed by atoms with Crippen molar-refractivity contribution in [3.63, 3.8) is 0 Å². The van der Waals surface area contributed by atoms with E-state index >= 15 is 0 Å². The third kappa shape index (κ3) is 3.01. The van der Waals surface area contributed by atoms with Gasteiger partial charge in [-0.05, 0) is 25.5 Å². The second-order valence-corrected chi connectivity index (χ2v) is 7.19. The Labute approximate surface area is 114 Å². The van der Waals surface area contributed by atoms with Crippen LogP contribution >= 0.6 is 11.8 Å². The van der Waals surface area contributed by atoms with E-state index in [0.717, 1.165) is 19.0 Å². The molecule has 102 valence electrons. The van der Waals surface area contributed by atoms with Crippen LogP contribution < -0.4 is 10.2 Å². The van der Waals surface area contributed by atoms with Crippen LogP contribution in [0.2, 0.25) is 0 Å². The number of aromatic nitrogens is 2. The van der Waals surface area contributed by atoms with Crippen LogP contribution in [0, 0.1) is 0 Å². The maximum absolute atomic E-state index is 4.43. The summed E-state index contributed by atoms with van der Waals surface area (Å²) >= 11 is 2.10. The Balaban J connectivity index is 1.87. The van der Waals surface area contributed by atoms with E-state index in [1.165, 1.54) is 24.3 Å². The third-order valence-electron chi connectivity index (χ3n) is 3.57. The molecule has 0 spiro atoms. The monoisotopic (exact) mass is 268 g/mol. The lowest BCUT2D eigenvalue weighted by Gasteiger charge is -2.23. The molecule has 0 aromatic carbocycles. The molecule has 0 bridgehead atoms. The Kier molecular flexibility index (Phi) is 4.22. The van der Waals surface area contributed by atoms with Crippen molar-refractivity contribution in [2.75, 3.05) is 31.3 Å². The summed E-state index contributed by atoms with van der Waals surface area (Å²) in [5.74, 6) is 2.32. The van der Waals surface area contributed by atoms with Gasteiger partial charge in [0, 0.05) is 39.0 Å². The van der Waals surface area contributed by atoms with E-state index in [1.54, 1.807) is 0 Å². The van der Waals surface area contributed by atoms with E-state index in [0.29, 0.717) is 4.75 Å². The summed E-state index contributed by atoms with van der Waals surface area (Å²) in [6.45, 7) is 4.35. The van der Waals surface area contributed by atoms with Gasteiger partial charge in [-0.1, -0.05) is 0 Å². The van der Waals surface area contributed by atoms with Crippen molar-refractivity contribution in [1.82, 2.24) is 14.9 Å². The van der Waals surface area contributed by atoms with E-state index in [4.69, 9.17) is 0 Å². The van der Waals surface area contributed by atoms with Crippen LogP contribution in [-0.2, 0) is 13.6 Å². The Morgan fingerprint density at radius 2 is 2.33 bits per heavy atom. The van der Waals surface area contributed by atoms with E-state index < -0.39 is 0 Å². The summed E-state index contributed by atoms with van der Waals surface area (Å²) in [5.41, 5.74) is 1.24. The average molecular weight is 268 g/mol. The van der Waals surface area contributed by atoms with Gasteiger partial charge in [0.25, 0.3) is 0 Å². The van der Waals surface area contributed by atoms with Gasteiger partial charge in [0.1, 0.15) is 0 Å². The van der Waals surface area contributed by atoms with Crippen molar-refractivity contribution in [2.45, 2.75) is 31.1 Å². The lowest BCUT2D eigenvalue weighted by Crippen LogP contribution is -2.33. The maximum atomic E-state index is 4.43. The van der Waals surface area contributed by atoms with Gasteiger partial charge < -0.3 is 14.8 Å². The first kappa shape index (κ1) is 13.7. The summed E-state index contributed by atoms with van der Waals surface area (Å²) in [7, 11) is 6.12. The van der Waals surface area contributed by atoms with Crippen molar-refractivity contribution in [2.24, 2.45) is 7.05 Å². The van der Waals surface area contributed by atoms with Gasteiger partial charge in [0.15, 0.2) is 0 Å². The number of hydrogen-bond donors (Lipinski definition) is 1. The molecule has 1 unspecified atom stereocenters. The highest BCUT2D eigenvalue weighted by Crippen LogP contribution is 2.36. The molecule has 1 N–H and O–H groups in total. The average Bonchev–Trinajstić information content (AvgIpc) is 2.87. The lowest BCUT2D eigenvalue weighted by atomic mass is 10.1. The van der Waals surface area contributed by atoms with Crippen LogP contribution in [0.25, 0.3) is 0 Å². The van der Waals surface area contributed by atoms with Gasteiger partial charge in [-0.25, -0.2) is 4.98 Å². The van der Waals surface area contributed by atoms with Gasteiger partial charge >= 0.3 is 0 Å². The maximum Gasteiger partial charge on any atom is 0.204 e. The highest BCUT2D eigenvalue weighted by Gasteiger charge is 2.28. The number of nitrogens with one attached hydrogen (secondary N) is 1. The van der Waals surface area contributed by atoms with E-state index in [9.17, 15) is 0 Å². The molecule has 1 atom stereocenters. The fraction of sp³-hybridized carbons (Fsp3) is 0.769. The second kappa shape index (κ2) is 5.53. The third-order valence-corrected chi connectivity index (χ3v) is 5.10. The molecule has 0 radical (unpaired) electrons. The summed E-state index contributed by atoms with van der Waals surface area (Å²) < 4.78 is 2.58. The number of rotatable bonds is 5. The standard InChI is InChI=1S/C13H24N4S/c1-13(6-5-7-18-13)10-14-8-11-9-15-12(16(2)3)17(11)4/h9,14H,5-8,10H2,1-4H3. The van der Waals surface area contributed by atoms with Gasteiger partial charge in [0.2, 0.25) is 5.95 Å². The predicted octanol–water partition coefficient (Wildman–Crippen LogP) is 1.86. The van der Waals surface area contributed by atoms with Gasteiger partial charge in [0.05, 0.1) is 11.9 Å². The Hall–Kier alpha value is -0.680. The zero-order valence-corrected chi connectivity index (χ0v) is 12.7. The van der Waals surface area contributed by atoms with Crippen molar-refractivity contribution in [1.29, 1.82) is 0 Å². The molecule has 1 aromatic heterocycles. The molecular formula is C13H24N4S.